The van der Waals surface area contributed by atoms with Crippen LogP contribution in [0.4, 0.5) is 0 Å². The van der Waals surface area contributed by atoms with Gasteiger partial charge in [-0.1, -0.05) is 91.9 Å². The minimum atomic E-state index is -0.495. The van der Waals surface area contributed by atoms with Crippen molar-refractivity contribution in [1.82, 2.24) is 5.32 Å². The van der Waals surface area contributed by atoms with Gasteiger partial charge >= 0.3 is 0 Å². The van der Waals surface area contributed by atoms with Gasteiger partial charge in [-0.15, -0.1) is 0 Å². The van der Waals surface area contributed by atoms with Gasteiger partial charge in [0.05, 0.1) is 13.2 Å². The van der Waals surface area contributed by atoms with Crippen LogP contribution in [-0.4, -0.2) is 31.1 Å². The first-order valence-electron chi connectivity index (χ1n) is 12.3. The van der Waals surface area contributed by atoms with E-state index in [1.165, 1.54) is 64.2 Å². The number of ether oxygens (including phenoxy) is 2. The average Bonchev–Trinajstić information content (AvgIpc) is 2.64. The first-order valence-corrected chi connectivity index (χ1v) is 12.3. The standard InChI is InChI=1S/C25H50NO2/c1-7-9-11-13-15-17-21-27-25(28-22-18-16-14-12-10-8-2)19-20-26-24(5,6)23(25,3)4/h7-22H2,1-6H3. The summed E-state index contributed by atoms with van der Waals surface area (Å²) in [4.78, 5) is 0. The summed E-state index contributed by atoms with van der Waals surface area (Å²) in [6, 6.07) is 0. The molecular weight excluding hydrogens is 346 g/mol. The monoisotopic (exact) mass is 396 g/mol. The maximum Gasteiger partial charge on any atom is 0.176 e. The van der Waals surface area contributed by atoms with Gasteiger partial charge in [0.2, 0.25) is 0 Å². The highest BCUT2D eigenvalue weighted by Gasteiger charge is 2.58. The van der Waals surface area contributed by atoms with Crippen molar-refractivity contribution in [3.05, 3.63) is 0 Å². The third kappa shape index (κ3) is 7.61. The molecular formula is C25H50NO2. The van der Waals surface area contributed by atoms with Crippen LogP contribution in [0.5, 0.6) is 0 Å². The molecule has 28 heavy (non-hydrogen) atoms. The molecule has 1 saturated heterocycles. The van der Waals surface area contributed by atoms with E-state index in [0.29, 0.717) is 0 Å². The fourth-order valence-corrected chi connectivity index (χ4v) is 4.24. The number of hydrogen-bond donors (Lipinski definition) is 0. The van der Waals surface area contributed by atoms with Crippen molar-refractivity contribution in [3.63, 3.8) is 0 Å². The molecule has 3 nitrogen and oxygen atoms in total. The van der Waals surface area contributed by atoms with Gasteiger partial charge in [0.25, 0.3) is 0 Å². The molecule has 1 aliphatic heterocycles. The molecule has 1 radical (unpaired) electrons. The molecule has 0 N–H and O–H groups in total. The molecule has 167 valence electrons. The first-order chi connectivity index (χ1) is 13.3. The Bertz CT molecular complexity index is 374. The summed E-state index contributed by atoms with van der Waals surface area (Å²) in [5.41, 5.74) is -0.268. The van der Waals surface area contributed by atoms with Crippen LogP contribution in [0.15, 0.2) is 0 Å². The minimum Gasteiger partial charge on any atom is -0.349 e. The summed E-state index contributed by atoms with van der Waals surface area (Å²) >= 11 is 0. The predicted molar refractivity (Wildman–Crippen MR) is 121 cm³/mol. The van der Waals surface area contributed by atoms with Crippen LogP contribution < -0.4 is 5.32 Å². The van der Waals surface area contributed by atoms with E-state index in [2.05, 4.69) is 41.5 Å². The zero-order valence-corrected chi connectivity index (χ0v) is 20.1. The van der Waals surface area contributed by atoms with Crippen LogP contribution in [-0.2, 0) is 9.47 Å². The summed E-state index contributed by atoms with van der Waals surface area (Å²) in [5.74, 6) is -0.495. The Kier molecular flexibility index (Phi) is 12.3. The highest BCUT2D eigenvalue weighted by Crippen LogP contribution is 2.49. The molecule has 1 fully saturated rings. The number of unbranched alkanes of at least 4 members (excludes halogenated alkanes) is 10. The van der Waals surface area contributed by atoms with Crippen molar-refractivity contribution in [2.45, 2.75) is 136 Å². The van der Waals surface area contributed by atoms with Gasteiger partial charge in [0, 0.05) is 23.9 Å². The quantitative estimate of drug-likeness (QED) is 0.203. The minimum absolute atomic E-state index is 0.131. The second-order valence-corrected chi connectivity index (χ2v) is 9.80. The van der Waals surface area contributed by atoms with Gasteiger partial charge in [0.15, 0.2) is 5.79 Å². The Balaban J connectivity index is 2.55. The highest BCUT2D eigenvalue weighted by molar-refractivity contribution is 5.06. The van der Waals surface area contributed by atoms with E-state index in [0.717, 1.165) is 39.0 Å². The van der Waals surface area contributed by atoms with Crippen molar-refractivity contribution < 1.29 is 9.47 Å². The fourth-order valence-electron chi connectivity index (χ4n) is 4.24. The molecule has 0 unspecified atom stereocenters. The SMILES string of the molecule is CCCCCCCCOC1(OCCCCCCCC)CC[N]C(C)(C)C1(C)C. The lowest BCUT2D eigenvalue weighted by molar-refractivity contribution is -0.321. The van der Waals surface area contributed by atoms with Crippen LogP contribution in [0.2, 0.25) is 0 Å². The molecule has 0 bridgehead atoms. The molecule has 3 heteroatoms. The second-order valence-electron chi connectivity index (χ2n) is 9.80. The van der Waals surface area contributed by atoms with E-state index in [-0.39, 0.29) is 11.0 Å². The smallest absolute Gasteiger partial charge is 0.176 e. The van der Waals surface area contributed by atoms with E-state index in [1.807, 2.05) is 0 Å². The largest absolute Gasteiger partial charge is 0.349 e. The van der Waals surface area contributed by atoms with Gasteiger partial charge in [-0.05, 0) is 26.7 Å². The van der Waals surface area contributed by atoms with Crippen LogP contribution in [0, 0.1) is 5.41 Å². The van der Waals surface area contributed by atoms with E-state index < -0.39 is 5.79 Å². The summed E-state index contributed by atoms with van der Waals surface area (Å²) < 4.78 is 13.2. The number of nitrogens with zero attached hydrogens (tertiary/aromatic N) is 1. The van der Waals surface area contributed by atoms with Gasteiger partial charge < -0.3 is 9.47 Å². The molecule has 0 spiro atoms. The molecule has 1 aliphatic rings. The van der Waals surface area contributed by atoms with E-state index in [9.17, 15) is 0 Å². The van der Waals surface area contributed by atoms with Crippen LogP contribution in [0.1, 0.15) is 125 Å². The maximum absolute atomic E-state index is 6.59. The van der Waals surface area contributed by atoms with Crippen molar-refractivity contribution in [1.29, 1.82) is 0 Å². The third-order valence-electron chi connectivity index (χ3n) is 7.10. The number of hydrogen-bond acceptors (Lipinski definition) is 2. The normalized spacial score (nSPS) is 20.4. The maximum atomic E-state index is 6.59. The van der Waals surface area contributed by atoms with E-state index in [1.54, 1.807) is 0 Å². The molecule has 0 atom stereocenters. The lowest BCUT2D eigenvalue weighted by atomic mass is 9.65. The lowest BCUT2D eigenvalue weighted by Crippen LogP contribution is -2.66. The predicted octanol–water partition coefficient (Wildman–Crippen LogP) is 7.25. The molecule has 0 aromatic carbocycles. The highest BCUT2D eigenvalue weighted by atomic mass is 16.7. The Morgan fingerprint density at radius 2 is 1.07 bits per heavy atom. The zero-order chi connectivity index (χ0) is 20.9. The van der Waals surface area contributed by atoms with Crippen molar-refractivity contribution in [3.8, 4) is 0 Å². The Morgan fingerprint density at radius 1 is 0.643 bits per heavy atom. The fraction of sp³-hybridized carbons (Fsp3) is 1.00. The number of rotatable bonds is 16. The van der Waals surface area contributed by atoms with Crippen molar-refractivity contribution in [2.24, 2.45) is 5.41 Å². The second kappa shape index (κ2) is 13.2. The van der Waals surface area contributed by atoms with Gasteiger partial charge in [0.1, 0.15) is 0 Å². The molecule has 0 amide bonds. The lowest BCUT2D eigenvalue weighted by Gasteiger charge is -2.57. The third-order valence-corrected chi connectivity index (χ3v) is 7.10. The van der Waals surface area contributed by atoms with Crippen LogP contribution in [0.25, 0.3) is 0 Å². The summed E-state index contributed by atoms with van der Waals surface area (Å²) in [7, 11) is 0. The molecule has 1 rings (SSSR count). The first kappa shape index (κ1) is 25.9. The Hall–Kier alpha value is -0.120. The average molecular weight is 397 g/mol. The van der Waals surface area contributed by atoms with Crippen molar-refractivity contribution in [2.75, 3.05) is 19.8 Å². The molecule has 0 saturated carbocycles. The Labute approximate surface area is 176 Å². The molecule has 1 heterocycles. The van der Waals surface area contributed by atoms with Crippen LogP contribution in [0.3, 0.4) is 0 Å². The van der Waals surface area contributed by atoms with Crippen LogP contribution >= 0.6 is 0 Å². The summed E-state index contributed by atoms with van der Waals surface area (Å²) in [6.07, 6.45) is 16.4. The van der Waals surface area contributed by atoms with Gasteiger partial charge in [-0.3, -0.25) is 0 Å². The van der Waals surface area contributed by atoms with Gasteiger partial charge in [-0.25, -0.2) is 5.32 Å². The topological polar surface area (TPSA) is 32.6 Å². The summed E-state index contributed by atoms with van der Waals surface area (Å²) in [5, 5.41) is 4.91. The number of piperidine rings is 1. The molecule has 0 aromatic heterocycles. The summed E-state index contributed by atoms with van der Waals surface area (Å²) in [6.45, 7) is 16.0. The van der Waals surface area contributed by atoms with Gasteiger partial charge in [-0.2, -0.15) is 0 Å². The zero-order valence-electron chi connectivity index (χ0n) is 20.1. The molecule has 0 aliphatic carbocycles. The Morgan fingerprint density at radius 3 is 1.54 bits per heavy atom. The van der Waals surface area contributed by atoms with Crippen molar-refractivity contribution >= 4 is 0 Å². The van der Waals surface area contributed by atoms with E-state index in [4.69, 9.17) is 14.8 Å². The van der Waals surface area contributed by atoms with E-state index >= 15 is 0 Å². The molecule has 0 aromatic rings.